The Kier molecular flexibility index (Phi) is 2.44. The second kappa shape index (κ2) is 3.60. The first-order chi connectivity index (χ1) is 6.72. The topological polar surface area (TPSA) is 44.0 Å². The zero-order valence-electron chi connectivity index (χ0n) is 7.12. The number of phenolic OH excluding ortho intramolecular Hbond substituents is 1. The van der Waals surface area contributed by atoms with E-state index >= 15 is 0 Å². The van der Waals surface area contributed by atoms with Crippen molar-refractivity contribution >= 4 is 37.4 Å². The number of nitriles is 1. The number of phenols is 1. The van der Waals surface area contributed by atoms with Crippen molar-refractivity contribution in [3.8, 4) is 11.8 Å². The number of halogens is 1. The Bertz CT molecular complexity index is 527. The van der Waals surface area contributed by atoms with E-state index in [9.17, 15) is 5.11 Å². The lowest BCUT2D eigenvalue weighted by atomic mass is 10.2. The summed E-state index contributed by atoms with van der Waals surface area (Å²) in [6, 6.07) is 7.33. The number of aromatic hydroxyl groups is 1. The summed E-state index contributed by atoms with van der Waals surface area (Å²) in [4.78, 5) is 1.01. The summed E-state index contributed by atoms with van der Waals surface area (Å²) in [6.45, 7) is 0. The molecular weight excluding hydrogens is 262 g/mol. The molecule has 2 aromatic rings. The Morgan fingerprint density at radius 2 is 2.29 bits per heavy atom. The highest BCUT2D eigenvalue weighted by molar-refractivity contribution is 9.10. The minimum Gasteiger partial charge on any atom is -0.508 e. The highest BCUT2D eigenvalue weighted by atomic mass is 79.9. The van der Waals surface area contributed by atoms with E-state index in [2.05, 4.69) is 22.0 Å². The van der Waals surface area contributed by atoms with Gasteiger partial charge in [0.05, 0.1) is 12.5 Å². The third-order valence-electron chi connectivity index (χ3n) is 1.92. The van der Waals surface area contributed by atoms with Gasteiger partial charge in [-0.25, -0.2) is 0 Å². The molecule has 0 aliphatic rings. The summed E-state index contributed by atoms with van der Waals surface area (Å²) >= 11 is 4.99. The first-order valence-electron chi connectivity index (χ1n) is 3.99. The SMILES string of the molecule is N#CCc1sc2cc(O)ccc2c1Br. The van der Waals surface area contributed by atoms with Gasteiger partial charge in [-0.3, -0.25) is 0 Å². The van der Waals surface area contributed by atoms with Crippen molar-refractivity contribution in [2.24, 2.45) is 0 Å². The van der Waals surface area contributed by atoms with Crippen LogP contribution in [0.15, 0.2) is 22.7 Å². The van der Waals surface area contributed by atoms with Gasteiger partial charge in [0.1, 0.15) is 5.75 Å². The Labute approximate surface area is 93.5 Å². The molecule has 0 unspecified atom stereocenters. The minimum absolute atomic E-state index is 0.259. The lowest BCUT2D eigenvalue weighted by Gasteiger charge is -1.91. The maximum Gasteiger partial charge on any atom is 0.117 e. The third-order valence-corrected chi connectivity index (χ3v) is 4.24. The molecule has 1 aromatic carbocycles. The lowest BCUT2D eigenvalue weighted by Crippen LogP contribution is -1.73. The van der Waals surface area contributed by atoms with Crippen molar-refractivity contribution in [1.82, 2.24) is 0 Å². The van der Waals surface area contributed by atoms with Crippen LogP contribution in [-0.2, 0) is 6.42 Å². The van der Waals surface area contributed by atoms with Crippen LogP contribution in [0.1, 0.15) is 4.88 Å². The van der Waals surface area contributed by atoms with Gasteiger partial charge >= 0.3 is 0 Å². The summed E-state index contributed by atoms with van der Waals surface area (Å²) in [7, 11) is 0. The van der Waals surface area contributed by atoms with Crippen molar-refractivity contribution in [1.29, 1.82) is 5.26 Å². The van der Waals surface area contributed by atoms with Gasteiger partial charge in [0.25, 0.3) is 0 Å². The Balaban J connectivity index is 2.68. The Hall–Kier alpha value is -1.05. The smallest absolute Gasteiger partial charge is 0.117 e. The van der Waals surface area contributed by atoms with Crippen LogP contribution < -0.4 is 0 Å². The number of hydrogen-bond acceptors (Lipinski definition) is 3. The van der Waals surface area contributed by atoms with E-state index < -0.39 is 0 Å². The molecule has 70 valence electrons. The maximum absolute atomic E-state index is 9.29. The van der Waals surface area contributed by atoms with Crippen molar-refractivity contribution in [3.05, 3.63) is 27.5 Å². The molecule has 1 aromatic heterocycles. The third kappa shape index (κ3) is 1.49. The number of rotatable bonds is 1. The van der Waals surface area contributed by atoms with Gasteiger partial charge in [-0.15, -0.1) is 11.3 Å². The molecule has 0 saturated heterocycles. The second-order valence-electron chi connectivity index (χ2n) is 2.85. The Morgan fingerprint density at radius 3 is 3.00 bits per heavy atom. The predicted octanol–water partition coefficient (Wildman–Crippen LogP) is 3.44. The van der Waals surface area contributed by atoms with Crippen molar-refractivity contribution in [2.45, 2.75) is 6.42 Å². The lowest BCUT2D eigenvalue weighted by molar-refractivity contribution is 0.476. The molecule has 0 aliphatic heterocycles. The summed E-state index contributed by atoms with van der Waals surface area (Å²) in [5.74, 6) is 0.259. The van der Waals surface area contributed by atoms with E-state index in [0.717, 1.165) is 19.4 Å². The molecule has 0 fully saturated rings. The molecule has 0 atom stereocenters. The average molecular weight is 268 g/mol. The molecule has 0 saturated carbocycles. The number of thiophene rings is 1. The van der Waals surface area contributed by atoms with Crippen molar-refractivity contribution < 1.29 is 5.11 Å². The molecule has 0 bridgehead atoms. The van der Waals surface area contributed by atoms with Crippen molar-refractivity contribution in [3.63, 3.8) is 0 Å². The monoisotopic (exact) mass is 267 g/mol. The molecule has 4 heteroatoms. The summed E-state index contributed by atoms with van der Waals surface area (Å²) in [6.07, 6.45) is 0.403. The van der Waals surface area contributed by atoms with E-state index in [1.54, 1.807) is 12.1 Å². The zero-order chi connectivity index (χ0) is 10.1. The van der Waals surface area contributed by atoms with Crippen LogP contribution in [0.3, 0.4) is 0 Å². The number of nitrogens with zero attached hydrogens (tertiary/aromatic N) is 1. The minimum atomic E-state index is 0.259. The van der Waals surface area contributed by atoms with Crippen LogP contribution in [-0.4, -0.2) is 5.11 Å². The first-order valence-corrected chi connectivity index (χ1v) is 5.60. The molecule has 0 spiro atoms. The number of hydrogen-bond donors (Lipinski definition) is 1. The van der Waals surface area contributed by atoms with E-state index in [1.807, 2.05) is 6.07 Å². The fourth-order valence-corrected chi connectivity index (χ4v) is 3.21. The standard InChI is InChI=1S/C10H6BrNOS/c11-10-7-2-1-6(13)5-9(7)14-8(10)3-4-12/h1-2,5,13H,3H2. The fraction of sp³-hybridized carbons (Fsp3) is 0.100. The van der Waals surface area contributed by atoms with Gasteiger partial charge in [0.2, 0.25) is 0 Å². The molecule has 2 rings (SSSR count). The van der Waals surface area contributed by atoms with Gasteiger partial charge in [0, 0.05) is 19.4 Å². The maximum atomic E-state index is 9.29. The van der Waals surface area contributed by atoms with Gasteiger partial charge < -0.3 is 5.11 Å². The van der Waals surface area contributed by atoms with Gasteiger partial charge in [-0.1, -0.05) is 0 Å². The van der Waals surface area contributed by atoms with Gasteiger partial charge in [0.15, 0.2) is 0 Å². The molecule has 0 amide bonds. The van der Waals surface area contributed by atoms with Crippen LogP contribution in [0.2, 0.25) is 0 Å². The highest BCUT2D eigenvalue weighted by Gasteiger charge is 2.09. The van der Waals surface area contributed by atoms with E-state index in [4.69, 9.17) is 5.26 Å². The summed E-state index contributed by atoms with van der Waals surface area (Å²) in [5.41, 5.74) is 0. The van der Waals surface area contributed by atoms with E-state index in [0.29, 0.717) is 6.42 Å². The normalized spacial score (nSPS) is 10.3. The van der Waals surface area contributed by atoms with Crippen LogP contribution in [0.5, 0.6) is 5.75 Å². The molecule has 1 heterocycles. The van der Waals surface area contributed by atoms with Gasteiger partial charge in [-0.05, 0) is 34.1 Å². The fourth-order valence-electron chi connectivity index (χ4n) is 1.29. The second-order valence-corrected chi connectivity index (χ2v) is 4.78. The zero-order valence-corrected chi connectivity index (χ0v) is 9.52. The van der Waals surface area contributed by atoms with E-state index in [1.165, 1.54) is 11.3 Å². The van der Waals surface area contributed by atoms with E-state index in [-0.39, 0.29) is 5.75 Å². The molecule has 0 radical (unpaired) electrons. The highest BCUT2D eigenvalue weighted by Crippen LogP contribution is 2.37. The molecule has 14 heavy (non-hydrogen) atoms. The summed E-state index contributed by atoms with van der Waals surface area (Å²) in [5, 5.41) is 19.0. The largest absolute Gasteiger partial charge is 0.508 e. The van der Waals surface area contributed by atoms with Crippen LogP contribution >= 0.6 is 27.3 Å². The molecule has 1 N–H and O–H groups in total. The Morgan fingerprint density at radius 1 is 1.50 bits per heavy atom. The average Bonchev–Trinajstić information content (AvgIpc) is 2.44. The summed E-state index contributed by atoms with van der Waals surface area (Å²) < 4.78 is 1.97. The van der Waals surface area contributed by atoms with Crippen LogP contribution in [0, 0.1) is 11.3 Å². The quantitative estimate of drug-likeness (QED) is 0.861. The molecule has 0 aliphatic carbocycles. The van der Waals surface area contributed by atoms with Gasteiger partial charge in [-0.2, -0.15) is 5.26 Å². The predicted molar refractivity (Wildman–Crippen MR) is 60.5 cm³/mol. The molecular formula is C10H6BrNOS. The van der Waals surface area contributed by atoms with Crippen LogP contribution in [0.4, 0.5) is 0 Å². The van der Waals surface area contributed by atoms with Crippen molar-refractivity contribution in [2.75, 3.05) is 0 Å². The number of benzene rings is 1. The molecule has 2 nitrogen and oxygen atoms in total. The van der Waals surface area contributed by atoms with Crippen LogP contribution in [0.25, 0.3) is 10.1 Å². The first kappa shape index (κ1) is 9.50. The number of fused-ring (bicyclic) bond motifs is 1.